The summed E-state index contributed by atoms with van der Waals surface area (Å²) in [5.74, 6) is 0. The summed E-state index contributed by atoms with van der Waals surface area (Å²) in [6.07, 6.45) is 0. The van der Waals surface area contributed by atoms with Gasteiger partial charge in [-0.2, -0.15) is 5.10 Å². The Labute approximate surface area is 92.8 Å². The molecule has 1 aromatic carbocycles. The molecule has 0 bridgehead atoms. The molecule has 0 atom stereocenters. The first-order valence-corrected chi connectivity index (χ1v) is 5.06. The van der Waals surface area contributed by atoms with Gasteiger partial charge in [-0.25, -0.2) is 4.68 Å². The Bertz CT molecular complexity index is 520. The Morgan fingerprint density at radius 2 is 1.88 bits per heavy atom. The SMILES string of the molecule is O=c1ccc(-c2ccccc2)nn1CCO. The molecule has 0 aliphatic carbocycles. The molecule has 4 nitrogen and oxygen atoms in total. The van der Waals surface area contributed by atoms with Crippen LogP contribution in [0.2, 0.25) is 0 Å². The van der Waals surface area contributed by atoms with E-state index in [9.17, 15) is 4.79 Å². The van der Waals surface area contributed by atoms with Gasteiger partial charge in [0.1, 0.15) is 0 Å². The van der Waals surface area contributed by atoms with Gasteiger partial charge >= 0.3 is 0 Å². The van der Waals surface area contributed by atoms with Crippen LogP contribution in [-0.4, -0.2) is 21.5 Å². The predicted octanol–water partition coefficient (Wildman–Crippen LogP) is 0.903. The number of aromatic nitrogens is 2. The molecule has 2 aromatic rings. The summed E-state index contributed by atoms with van der Waals surface area (Å²) >= 11 is 0. The molecule has 0 radical (unpaired) electrons. The van der Waals surface area contributed by atoms with Crippen molar-refractivity contribution in [2.45, 2.75) is 6.54 Å². The van der Waals surface area contributed by atoms with Crippen molar-refractivity contribution < 1.29 is 5.11 Å². The van der Waals surface area contributed by atoms with Gasteiger partial charge in [0.05, 0.1) is 18.8 Å². The number of hydrogen-bond acceptors (Lipinski definition) is 3. The van der Waals surface area contributed by atoms with Crippen LogP contribution in [0, 0.1) is 0 Å². The van der Waals surface area contributed by atoms with Crippen molar-refractivity contribution in [3.63, 3.8) is 0 Å². The van der Waals surface area contributed by atoms with Crippen molar-refractivity contribution in [1.29, 1.82) is 0 Å². The number of hydrogen-bond donors (Lipinski definition) is 1. The highest BCUT2D eigenvalue weighted by Gasteiger charge is 2.01. The second-order valence-corrected chi connectivity index (χ2v) is 3.37. The predicted molar refractivity (Wildman–Crippen MR) is 61.0 cm³/mol. The third-order valence-electron chi connectivity index (χ3n) is 2.25. The molecule has 1 heterocycles. The Balaban J connectivity index is 2.44. The first-order chi connectivity index (χ1) is 7.81. The van der Waals surface area contributed by atoms with E-state index >= 15 is 0 Å². The zero-order valence-corrected chi connectivity index (χ0v) is 8.71. The molecular weight excluding hydrogens is 204 g/mol. The fraction of sp³-hybridized carbons (Fsp3) is 0.167. The minimum Gasteiger partial charge on any atom is -0.394 e. The minimum absolute atomic E-state index is 0.0921. The van der Waals surface area contributed by atoms with E-state index in [0.717, 1.165) is 11.3 Å². The van der Waals surface area contributed by atoms with Gasteiger partial charge < -0.3 is 5.11 Å². The highest BCUT2D eigenvalue weighted by molar-refractivity contribution is 5.57. The maximum atomic E-state index is 11.4. The van der Waals surface area contributed by atoms with Crippen LogP contribution in [-0.2, 0) is 6.54 Å². The Morgan fingerprint density at radius 3 is 2.56 bits per heavy atom. The van der Waals surface area contributed by atoms with Crippen molar-refractivity contribution in [2.24, 2.45) is 0 Å². The van der Waals surface area contributed by atoms with Crippen molar-refractivity contribution in [2.75, 3.05) is 6.61 Å². The monoisotopic (exact) mass is 216 g/mol. The fourth-order valence-corrected chi connectivity index (χ4v) is 1.47. The van der Waals surface area contributed by atoms with E-state index in [4.69, 9.17) is 5.11 Å². The molecule has 0 aliphatic heterocycles. The molecule has 2 rings (SSSR count). The van der Waals surface area contributed by atoms with Crippen molar-refractivity contribution in [3.8, 4) is 11.3 Å². The maximum absolute atomic E-state index is 11.4. The van der Waals surface area contributed by atoms with E-state index in [1.165, 1.54) is 10.7 Å². The normalized spacial score (nSPS) is 10.3. The second-order valence-electron chi connectivity index (χ2n) is 3.37. The number of nitrogens with zero attached hydrogens (tertiary/aromatic N) is 2. The van der Waals surface area contributed by atoms with Crippen LogP contribution < -0.4 is 5.56 Å². The van der Waals surface area contributed by atoms with E-state index in [1.54, 1.807) is 6.07 Å². The summed E-state index contributed by atoms with van der Waals surface area (Å²) < 4.78 is 1.27. The van der Waals surface area contributed by atoms with Gasteiger partial charge in [0, 0.05) is 11.6 Å². The van der Waals surface area contributed by atoms with Crippen molar-refractivity contribution in [3.05, 3.63) is 52.8 Å². The summed E-state index contributed by atoms with van der Waals surface area (Å²) in [6, 6.07) is 12.8. The topological polar surface area (TPSA) is 55.1 Å². The fourth-order valence-electron chi connectivity index (χ4n) is 1.47. The third-order valence-corrected chi connectivity index (χ3v) is 2.25. The van der Waals surface area contributed by atoms with E-state index in [1.807, 2.05) is 30.3 Å². The van der Waals surface area contributed by atoms with Crippen LogP contribution in [0.3, 0.4) is 0 Å². The van der Waals surface area contributed by atoms with Gasteiger partial charge in [0.15, 0.2) is 0 Å². The Morgan fingerprint density at radius 1 is 1.12 bits per heavy atom. The summed E-state index contributed by atoms with van der Waals surface area (Å²) in [5, 5.41) is 13.0. The van der Waals surface area contributed by atoms with Crippen molar-refractivity contribution in [1.82, 2.24) is 9.78 Å². The highest BCUT2D eigenvalue weighted by Crippen LogP contribution is 2.13. The van der Waals surface area contributed by atoms with E-state index < -0.39 is 0 Å². The van der Waals surface area contributed by atoms with Crippen LogP contribution in [0.25, 0.3) is 11.3 Å². The van der Waals surface area contributed by atoms with Gasteiger partial charge in [-0.05, 0) is 6.07 Å². The molecule has 0 aliphatic rings. The molecule has 16 heavy (non-hydrogen) atoms. The number of aliphatic hydroxyl groups is 1. The molecule has 1 N–H and O–H groups in total. The van der Waals surface area contributed by atoms with E-state index in [-0.39, 0.29) is 18.7 Å². The number of benzene rings is 1. The third kappa shape index (κ3) is 2.17. The van der Waals surface area contributed by atoms with Gasteiger partial charge in [-0.3, -0.25) is 4.79 Å². The molecular formula is C12H12N2O2. The summed E-state index contributed by atoms with van der Waals surface area (Å²) in [6.45, 7) is 0.130. The van der Waals surface area contributed by atoms with Gasteiger partial charge in [0.2, 0.25) is 0 Å². The number of aliphatic hydroxyl groups excluding tert-OH is 1. The smallest absolute Gasteiger partial charge is 0.266 e. The quantitative estimate of drug-likeness (QED) is 0.829. The van der Waals surface area contributed by atoms with Crippen molar-refractivity contribution >= 4 is 0 Å². The first kappa shape index (κ1) is 10.6. The lowest BCUT2D eigenvalue weighted by Crippen LogP contribution is -2.23. The lowest BCUT2D eigenvalue weighted by Gasteiger charge is -2.05. The molecule has 82 valence electrons. The molecule has 4 heteroatoms. The lowest BCUT2D eigenvalue weighted by atomic mass is 10.1. The summed E-state index contributed by atoms with van der Waals surface area (Å²) in [5.41, 5.74) is 1.48. The molecule has 0 amide bonds. The lowest BCUT2D eigenvalue weighted by molar-refractivity contribution is 0.266. The molecule has 1 aromatic heterocycles. The largest absolute Gasteiger partial charge is 0.394 e. The second kappa shape index (κ2) is 4.72. The van der Waals surface area contributed by atoms with Crippen LogP contribution in [0.4, 0.5) is 0 Å². The van der Waals surface area contributed by atoms with Crippen LogP contribution >= 0.6 is 0 Å². The molecule has 0 saturated heterocycles. The number of rotatable bonds is 3. The van der Waals surface area contributed by atoms with Crippen LogP contribution in [0.5, 0.6) is 0 Å². The van der Waals surface area contributed by atoms with Crippen LogP contribution in [0.1, 0.15) is 0 Å². The summed E-state index contributed by atoms with van der Waals surface area (Å²) in [4.78, 5) is 11.4. The minimum atomic E-state index is -0.200. The molecule has 0 unspecified atom stereocenters. The zero-order valence-electron chi connectivity index (χ0n) is 8.71. The average Bonchev–Trinajstić information content (AvgIpc) is 2.33. The summed E-state index contributed by atoms with van der Waals surface area (Å²) in [7, 11) is 0. The van der Waals surface area contributed by atoms with E-state index in [2.05, 4.69) is 5.10 Å². The van der Waals surface area contributed by atoms with Crippen LogP contribution in [0.15, 0.2) is 47.3 Å². The van der Waals surface area contributed by atoms with Gasteiger partial charge in [-0.1, -0.05) is 30.3 Å². The van der Waals surface area contributed by atoms with E-state index in [0.29, 0.717) is 0 Å². The highest BCUT2D eigenvalue weighted by atomic mass is 16.3. The zero-order chi connectivity index (χ0) is 11.4. The average molecular weight is 216 g/mol. The van der Waals surface area contributed by atoms with Gasteiger partial charge in [-0.15, -0.1) is 0 Å². The Kier molecular flexibility index (Phi) is 3.12. The van der Waals surface area contributed by atoms with Gasteiger partial charge in [0.25, 0.3) is 5.56 Å². The Hall–Kier alpha value is -1.94. The molecule has 0 spiro atoms. The molecule has 0 fully saturated rings. The maximum Gasteiger partial charge on any atom is 0.266 e. The molecule has 0 saturated carbocycles. The standard InChI is InChI=1S/C12H12N2O2/c15-9-8-14-12(16)7-6-11(13-14)10-4-2-1-3-5-10/h1-7,15H,8-9H2. The first-order valence-electron chi connectivity index (χ1n) is 5.06.